The number of hydrogen-bond acceptors (Lipinski definition) is 6. The molecule has 0 radical (unpaired) electrons. The van der Waals surface area contributed by atoms with Crippen LogP contribution in [0.3, 0.4) is 0 Å². The Morgan fingerprint density at radius 3 is 0.760 bits per heavy atom. The van der Waals surface area contributed by atoms with E-state index in [-0.39, 0.29) is 31.1 Å². The molecule has 0 saturated carbocycles. The summed E-state index contributed by atoms with van der Waals surface area (Å²) < 4.78 is 16.8. The summed E-state index contributed by atoms with van der Waals surface area (Å²) in [5.74, 6) is -0.863. The number of allylic oxidation sites excluding steroid dienone is 8. The topological polar surface area (TPSA) is 78.9 Å². The molecular weight excluding hydrogens is 925 g/mol. The van der Waals surface area contributed by atoms with Crippen molar-refractivity contribution >= 4 is 17.9 Å². The number of ether oxygens (including phenoxy) is 3. The summed E-state index contributed by atoms with van der Waals surface area (Å²) in [6.45, 7) is 6.62. The second kappa shape index (κ2) is 63.9. The van der Waals surface area contributed by atoms with Crippen LogP contribution in [0, 0.1) is 0 Å². The van der Waals surface area contributed by atoms with Gasteiger partial charge < -0.3 is 14.2 Å². The molecule has 0 aliphatic heterocycles. The Hall–Kier alpha value is -2.63. The van der Waals surface area contributed by atoms with Crippen LogP contribution >= 0.6 is 0 Å². The average molecular weight is 1050 g/mol. The quantitative estimate of drug-likeness (QED) is 0.0261. The summed E-state index contributed by atoms with van der Waals surface area (Å²) in [5.41, 5.74) is 0. The molecule has 0 aromatic rings. The van der Waals surface area contributed by atoms with Gasteiger partial charge in [-0.2, -0.15) is 0 Å². The van der Waals surface area contributed by atoms with Crippen LogP contribution in [0.15, 0.2) is 48.6 Å². The molecule has 438 valence electrons. The van der Waals surface area contributed by atoms with Crippen molar-refractivity contribution in [1.82, 2.24) is 0 Å². The number of hydrogen-bond donors (Lipinski definition) is 0. The lowest BCUT2D eigenvalue weighted by atomic mass is 10.0. The van der Waals surface area contributed by atoms with Crippen molar-refractivity contribution in [3.8, 4) is 0 Å². The summed E-state index contributed by atoms with van der Waals surface area (Å²) >= 11 is 0. The monoisotopic (exact) mass is 1050 g/mol. The molecule has 0 bridgehead atoms. The van der Waals surface area contributed by atoms with Crippen molar-refractivity contribution in [2.75, 3.05) is 13.2 Å². The Bertz CT molecular complexity index is 1300. The lowest BCUT2D eigenvalue weighted by molar-refractivity contribution is -0.167. The van der Waals surface area contributed by atoms with E-state index >= 15 is 0 Å². The third-order valence-electron chi connectivity index (χ3n) is 14.8. The highest BCUT2D eigenvalue weighted by Crippen LogP contribution is 2.17. The maximum absolute atomic E-state index is 12.8. The highest BCUT2D eigenvalue weighted by atomic mass is 16.6. The predicted octanol–water partition coefficient (Wildman–Crippen LogP) is 22.6. The predicted molar refractivity (Wildman–Crippen MR) is 325 cm³/mol. The van der Waals surface area contributed by atoms with Crippen LogP contribution in [0.1, 0.15) is 355 Å². The van der Waals surface area contributed by atoms with Crippen molar-refractivity contribution in [3.05, 3.63) is 48.6 Å². The molecular formula is C69H126O6. The zero-order valence-electron chi connectivity index (χ0n) is 50.3. The SMILES string of the molecule is CCCCCCC/C=C\C/C=C\C/C=C\CCCCCCCCCCCCCCCCCCCCC(=O)OCC(COC(=O)CCCCCCCCC)OC(=O)CCCCCCCCC/C=C\CCCCCCCC. The Morgan fingerprint density at radius 1 is 0.267 bits per heavy atom. The number of carbonyl (C=O) groups is 3. The van der Waals surface area contributed by atoms with Crippen LogP contribution in [-0.2, 0) is 28.6 Å². The summed E-state index contributed by atoms with van der Waals surface area (Å²) in [4.78, 5) is 38.0. The van der Waals surface area contributed by atoms with Gasteiger partial charge in [0.25, 0.3) is 0 Å². The van der Waals surface area contributed by atoms with Gasteiger partial charge in [-0.3, -0.25) is 14.4 Å². The highest BCUT2D eigenvalue weighted by Gasteiger charge is 2.19. The van der Waals surface area contributed by atoms with Gasteiger partial charge in [0.15, 0.2) is 6.10 Å². The van der Waals surface area contributed by atoms with Gasteiger partial charge in [-0.1, -0.05) is 301 Å². The van der Waals surface area contributed by atoms with Gasteiger partial charge in [0.1, 0.15) is 13.2 Å². The van der Waals surface area contributed by atoms with E-state index in [1.165, 1.54) is 244 Å². The van der Waals surface area contributed by atoms with E-state index in [9.17, 15) is 14.4 Å². The van der Waals surface area contributed by atoms with Crippen molar-refractivity contribution in [1.29, 1.82) is 0 Å². The Kier molecular flexibility index (Phi) is 61.7. The lowest BCUT2D eigenvalue weighted by Gasteiger charge is -2.18. The number of esters is 3. The van der Waals surface area contributed by atoms with E-state index in [0.29, 0.717) is 19.3 Å². The first-order valence-corrected chi connectivity index (χ1v) is 33.1. The van der Waals surface area contributed by atoms with Crippen LogP contribution < -0.4 is 0 Å². The van der Waals surface area contributed by atoms with Gasteiger partial charge in [-0.05, 0) is 83.5 Å². The first kappa shape index (κ1) is 72.4. The number of rotatable bonds is 61. The van der Waals surface area contributed by atoms with Crippen LogP contribution in [0.4, 0.5) is 0 Å². The summed E-state index contributed by atoms with van der Waals surface area (Å²) in [6.07, 6.45) is 80.2. The fourth-order valence-electron chi connectivity index (χ4n) is 9.80. The molecule has 0 aromatic carbocycles. The van der Waals surface area contributed by atoms with Crippen LogP contribution in [0.5, 0.6) is 0 Å². The zero-order chi connectivity index (χ0) is 54.3. The molecule has 0 fully saturated rings. The highest BCUT2D eigenvalue weighted by molar-refractivity contribution is 5.71. The minimum atomic E-state index is -0.770. The van der Waals surface area contributed by atoms with Crippen LogP contribution in [-0.4, -0.2) is 37.2 Å². The smallest absolute Gasteiger partial charge is 0.306 e. The molecule has 1 unspecified atom stereocenters. The van der Waals surface area contributed by atoms with E-state index in [1.54, 1.807) is 0 Å². The molecule has 0 heterocycles. The molecule has 0 amide bonds. The zero-order valence-corrected chi connectivity index (χ0v) is 50.3. The third kappa shape index (κ3) is 62.1. The third-order valence-corrected chi connectivity index (χ3v) is 14.8. The van der Waals surface area contributed by atoms with Crippen molar-refractivity contribution in [3.63, 3.8) is 0 Å². The van der Waals surface area contributed by atoms with Crippen molar-refractivity contribution in [2.45, 2.75) is 361 Å². The molecule has 75 heavy (non-hydrogen) atoms. The normalized spacial score (nSPS) is 12.3. The fourth-order valence-corrected chi connectivity index (χ4v) is 9.80. The summed E-state index contributed by atoms with van der Waals surface area (Å²) in [6, 6.07) is 0. The van der Waals surface area contributed by atoms with E-state index in [2.05, 4.69) is 69.4 Å². The second-order valence-electron chi connectivity index (χ2n) is 22.4. The lowest BCUT2D eigenvalue weighted by Crippen LogP contribution is -2.30. The molecule has 0 spiro atoms. The van der Waals surface area contributed by atoms with Gasteiger partial charge in [-0.25, -0.2) is 0 Å². The maximum atomic E-state index is 12.8. The van der Waals surface area contributed by atoms with Gasteiger partial charge in [0.05, 0.1) is 0 Å². The molecule has 0 aliphatic rings. The van der Waals surface area contributed by atoms with E-state index in [1.807, 2.05) is 0 Å². The van der Waals surface area contributed by atoms with Crippen molar-refractivity contribution in [2.24, 2.45) is 0 Å². The molecule has 0 N–H and O–H groups in total. The summed E-state index contributed by atoms with van der Waals surface area (Å²) in [5, 5.41) is 0. The molecule has 0 aromatic heterocycles. The van der Waals surface area contributed by atoms with Gasteiger partial charge in [-0.15, -0.1) is 0 Å². The van der Waals surface area contributed by atoms with Gasteiger partial charge in [0, 0.05) is 19.3 Å². The molecule has 0 saturated heterocycles. The van der Waals surface area contributed by atoms with Crippen LogP contribution in [0.25, 0.3) is 0 Å². The van der Waals surface area contributed by atoms with Gasteiger partial charge in [0.2, 0.25) is 0 Å². The fraction of sp³-hybridized carbons (Fsp3) is 0.841. The average Bonchev–Trinajstić information content (AvgIpc) is 3.41. The molecule has 6 heteroatoms. The molecule has 6 nitrogen and oxygen atoms in total. The minimum Gasteiger partial charge on any atom is -0.462 e. The largest absolute Gasteiger partial charge is 0.462 e. The first-order chi connectivity index (χ1) is 37.0. The number of unbranched alkanes of at least 4 members (excludes halogenated alkanes) is 42. The first-order valence-electron chi connectivity index (χ1n) is 33.1. The number of carbonyl (C=O) groups excluding carboxylic acids is 3. The molecule has 1 atom stereocenters. The standard InChI is InChI=1S/C69H126O6/c1-4-7-10-13-16-18-20-22-24-26-27-28-29-30-31-32-33-34-35-36-37-38-39-40-41-43-44-46-48-50-53-56-59-62-68(71)74-65-66(64-73-67(70)61-58-55-52-15-12-9-6-3)75-69(72)63-60-57-54-51-49-47-45-42-25-23-21-19-17-14-11-8-5-2/h20,22-23,25-27,29-30,66H,4-19,21,24,28,31-65H2,1-3H3/b22-20-,25-23-,27-26-,30-29-. The second-order valence-corrected chi connectivity index (χ2v) is 22.4. The van der Waals surface area contributed by atoms with Gasteiger partial charge >= 0.3 is 17.9 Å². The van der Waals surface area contributed by atoms with Crippen LogP contribution in [0.2, 0.25) is 0 Å². The Labute approximate surface area is 467 Å². The van der Waals surface area contributed by atoms with E-state index in [4.69, 9.17) is 14.2 Å². The Morgan fingerprint density at radius 2 is 0.480 bits per heavy atom. The van der Waals surface area contributed by atoms with E-state index < -0.39 is 6.10 Å². The molecule has 0 aliphatic carbocycles. The van der Waals surface area contributed by atoms with Crippen molar-refractivity contribution < 1.29 is 28.6 Å². The maximum Gasteiger partial charge on any atom is 0.306 e. The Balaban J connectivity index is 3.99. The van der Waals surface area contributed by atoms with E-state index in [0.717, 1.165) is 70.6 Å². The summed E-state index contributed by atoms with van der Waals surface area (Å²) in [7, 11) is 0. The minimum absolute atomic E-state index is 0.0704. The molecule has 0 rings (SSSR count).